The summed E-state index contributed by atoms with van der Waals surface area (Å²) in [6.45, 7) is 4.23. The Labute approximate surface area is 220 Å². The molecule has 0 unspecified atom stereocenters. The Morgan fingerprint density at radius 3 is 2.47 bits per heavy atom. The average Bonchev–Trinajstić information content (AvgIpc) is 3.25. The molecule has 3 aromatic rings. The molecule has 0 aliphatic heterocycles. The molecule has 2 aromatic carbocycles. The van der Waals surface area contributed by atoms with E-state index in [1.54, 1.807) is 30.3 Å². The summed E-state index contributed by atoms with van der Waals surface area (Å²) in [5, 5.41) is 21.8. The third kappa shape index (κ3) is 5.68. The predicted molar refractivity (Wildman–Crippen MR) is 143 cm³/mol. The van der Waals surface area contributed by atoms with Crippen LogP contribution < -0.4 is 10.6 Å². The molecule has 0 saturated heterocycles. The van der Waals surface area contributed by atoms with Gasteiger partial charge < -0.3 is 15.7 Å². The smallest absolute Gasteiger partial charge is 0.342 e. The highest BCUT2D eigenvalue weighted by Crippen LogP contribution is 2.39. The van der Waals surface area contributed by atoms with Crippen molar-refractivity contribution in [2.75, 3.05) is 5.32 Å². The number of amides is 2. The summed E-state index contributed by atoms with van der Waals surface area (Å²) in [5.41, 5.74) is 3.11. The van der Waals surface area contributed by atoms with Gasteiger partial charge in [-0.3, -0.25) is 4.79 Å². The summed E-state index contributed by atoms with van der Waals surface area (Å²) in [6.07, 6.45) is 4.55. The highest BCUT2D eigenvalue weighted by Gasteiger charge is 2.28. The number of aromatic nitrogens is 2. The Morgan fingerprint density at radius 2 is 1.83 bits per heavy atom. The van der Waals surface area contributed by atoms with Crippen molar-refractivity contribution in [3.05, 3.63) is 63.8 Å². The van der Waals surface area contributed by atoms with Crippen LogP contribution >= 0.6 is 23.2 Å². The lowest BCUT2D eigenvalue weighted by Crippen LogP contribution is -2.31. The molecule has 1 aliphatic rings. The molecule has 9 heteroatoms. The molecular weight excluding hydrogens is 499 g/mol. The lowest BCUT2D eigenvalue weighted by Gasteiger charge is -2.25. The van der Waals surface area contributed by atoms with Crippen LogP contribution in [0.25, 0.3) is 11.3 Å². The van der Waals surface area contributed by atoms with E-state index >= 15 is 0 Å². The van der Waals surface area contributed by atoms with Crippen molar-refractivity contribution in [1.29, 1.82) is 0 Å². The normalized spacial score (nSPS) is 13.5. The quantitative estimate of drug-likeness (QED) is 0.275. The van der Waals surface area contributed by atoms with Crippen LogP contribution in [-0.2, 0) is 11.3 Å². The van der Waals surface area contributed by atoms with Gasteiger partial charge in [0.1, 0.15) is 5.75 Å². The average molecular weight is 529 g/mol. The first-order valence-electron chi connectivity index (χ1n) is 12.3. The zero-order valence-corrected chi connectivity index (χ0v) is 21.9. The Bertz CT molecular complexity index is 1270. The number of hydrogen-bond donors (Lipinski definition) is 3. The minimum absolute atomic E-state index is 0.0246. The van der Waals surface area contributed by atoms with Crippen LogP contribution in [0.1, 0.15) is 63.1 Å². The van der Waals surface area contributed by atoms with Gasteiger partial charge in [-0.05, 0) is 67.6 Å². The summed E-state index contributed by atoms with van der Waals surface area (Å²) in [7, 11) is 0. The minimum Gasteiger partial charge on any atom is -0.507 e. The van der Waals surface area contributed by atoms with Crippen molar-refractivity contribution in [1.82, 2.24) is 15.1 Å². The standard InChI is InChI=1S/C27H30Cl2N4O3/c1-3-17(4-2)26(35)31-19-9-11-25(34)20(13-19)23-14-24(18-6-5-7-18)33(32-23)27(36)30-15-16-8-10-21(28)22(29)12-16/h8-14,17-18,34H,3-7,15H2,1-2H3,(H,30,36)(H,31,35). The molecule has 1 heterocycles. The van der Waals surface area contributed by atoms with Crippen molar-refractivity contribution in [3.8, 4) is 17.0 Å². The van der Waals surface area contributed by atoms with E-state index in [-0.39, 0.29) is 36.1 Å². The molecule has 1 saturated carbocycles. The summed E-state index contributed by atoms with van der Waals surface area (Å²) in [6, 6.07) is 11.6. The SMILES string of the molecule is CCC(CC)C(=O)Nc1ccc(O)c(-c2cc(C3CCC3)n(C(=O)NCc3ccc(Cl)c(Cl)c3)n2)c1. The number of halogens is 2. The van der Waals surface area contributed by atoms with Crippen LogP contribution in [0.4, 0.5) is 10.5 Å². The van der Waals surface area contributed by atoms with Crippen molar-refractivity contribution < 1.29 is 14.7 Å². The number of nitrogens with one attached hydrogen (secondary N) is 2. The van der Waals surface area contributed by atoms with Gasteiger partial charge in [-0.15, -0.1) is 0 Å². The monoisotopic (exact) mass is 528 g/mol. The fourth-order valence-electron chi connectivity index (χ4n) is 4.31. The number of phenols is 1. The van der Waals surface area contributed by atoms with Gasteiger partial charge in [0.15, 0.2) is 0 Å². The third-order valence-corrected chi connectivity index (χ3v) is 7.52. The number of phenolic OH excluding ortho intramolecular Hbond substituents is 1. The molecular formula is C27H30Cl2N4O3. The number of aromatic hydroxyl groups is 1. The second-order valence-electron chi connectivity index (χ2n) is 9.14. The van der Waals surface area contributed by atoms with Crippen LogP contribution in [0.2, 0.25) is 10.0 Å². The number of benzene rings is 2. The van der Waals surface area contributed by atoms with E-state index in [2.05, 4.69) is 15.7 Å². The summed E-state index contributed by atoms with van der Waals surface area (Å²) in [5.74, 6) is 0.114. The van der Waals surface area contributed by atoms with Crippen molar-refractivity contribution in [3.63, 3.8) is 0 Å². The zero-order valence-electron chi connectivity index (χ0n) is 20.4. The first-order chi connectivity index (χ1) is 17.3. The van der Waals surface area contributed by atoms with E-state index in [1.165, 1.54) is 10.7 Å². The van der Waals surface area contributed by atoms with Gasteiger partial charge in [0.25, 0.3) is 0 Å². The van der Waals surface area contributed by atoms with Gasteiger partial charge >= 0.3 is 6.03 Å². The largest absolute Gasteiger partial charge is 0.507 e. The third-order valence-electron chi connectivity index (χ3n) is 6.78. The Balaban J connectivity index is 1.59. The first kappa shape index (κ1) is 26.0. The number of rotatable bonds is 8. The van der Waals surface area contributed by atoms with Crippen LogP contribution in [0.15, 0.2) is 42.5 Å². The molecule has 0 radical (unpaired) electrons. The molecule has 0 spiro atoms. The maximum Gasteiger partial charge on any atom is 0.342 e. The van der Waals surface area contributed by atoms with Crippen molar-refractivity contribution in [2.24, 2.45) is 5.92 Å². The number of carbonyl (C=O) groups is 2. The van der Waals surface area contributed by atoms with Crippen molar-refractivity contribution in [2.45, 2.75) is 58.4 Å². The second-order valence-corrected chi connectivity index (χ2v) is 9.95. The Hall–Kier alpha value is -3.03. The van der Waals surface area contributed by atoms with E-state index in [0.29, 0.717) is 27.0 Å². The van der Waals surface area contributed by atoms with Gasteiger partial charge in [0, 0.05) is 29.6 Å². The van der Waals surface area contributed by atoms with Gasteiger partial charge in [0.2, 0.25) is 5.91 Å². The summed E-state index contributed by atoms with van der Waals surface area (Å²) < 4.78 is 1.38. The fraction of sp³-hybridized carbons (Fsp3) is 0.370. The van der Waals surface area contributed by atoms with Gasteiger partial charge in [-0.25, -0.2) is 4.79 Å². The molecule has 2 amide bonds. The number of nitrogens with zero attached hydrogens (tertiary/aromatic N) is 2. The Kier molecular flexibility index (Phi) is 8.21. The maximum atomic E-state index is 13.1. The topological polar surface area (TPSA) is 96.2 Å². The molecule has 190 valence electrons. The van der Waals surface area contributed by atoms with Gasteiger partial charge in [-0.2, -0.15) is 9.78 Å². The lowest BCUT2D eigenvalue weighted by molar-refractivity contribution is -0.120. The van der Waals surface area contributed by atoms with Crippen LogP contribution in [0.3, 0.4) is 0 Å². The Morgan fingerprint density at radius 1 is 1.08 bits per heavy atom. The van der Waals surface area contributed by atoms with Crippen LogP contribution in [-0.4, -0.2) is 26.8 Å². The van der Waals surface area contributed by atoms with E-state index in [0.717, 1.165) is 43.4 Å². The molecule has 0 atom stereocenters. The fourth-order valence-corrected chi connectivity index (χ4v) is 4.63. The van der Waals surface area contributed by atoms with E-state index in [4.69, 9.17) is 23.2 Å². The van der Waals surface area contributed by atoms with E-state index in [9.17, 15) is 14.7 Å². The van der Waals surface area contributed by atoms with E-state index in [1.807, 2.05) is 19.9 Å². The first-order valence-corrected chi connectivity index (χ1v) is 13.0. The molecule has 1 fully saturated rings. The molecule has 3 N–H and O–H groups in total. The molecule has 1 aromatic heterocycles. The van der Waals surface area contributed by atoms with Crippen molar-refractivity contribution >= 4 is 40.8 Å². The highest BCUT2D eigenvalue weighted by molar-refractivity contribution is 6.42. The number of carbonyl (C=O) groups excluding carboxylic acids is 2. The van der Waals surface area contributed by atoms with Gasteiger partial charge in [0.05, 0.1) is 21.4 Å². The number of hydrogen-bond acceptors (Lipinski definition) is 4. The molecule has 0 bridgehead atoms. The molecule has 7 nitrogen and oxygen atoms in total. The maximum absolute atomic E-state index is 13.1. The minimum atomic E-state index is -0.369. The van der Waals surface area contributed by atoms with E-state index < -0.39 is 0 Å². The molecule has 36 heavy (non-hydrogen) atoms. The summed E-state index contributed by atoms with van der Waals surface area (Å²) in [4.78, 5) is 25.7. The molecule has 1 aliphatic carbocycles. The lowest BCUT2D eigenvalue weighted by atomic mass is 9.82. The second kappa shape index (κ2) is 11.4. The van der Waals surface area contributed by atoms with Gasteiger partial charge in [-0.1, -0.05) is 49.5 Å². The zero-order chi connectivity index (χ0) is 25.8. The van der Waals surface area contributed by atoms with Crippen LogP contribution in [0, 0.1) is 5.92 Å². The highest BCUT2D eigenvalue weighted by atomic mass is 35.5. The predicted octanol–water partition coefficient (Wildman–Crippen LogP) is 6.96. The van der Waals surface area contributed by atoms with Crippen LogP contribution in [0.5, 0.6) is 5.75 Å². The number of anilines is 1. The molecule has 4 rings (SSSR count). The summed E-state index contributed by atoms with van der Waals surface area (Å²) >= 11 is 12.1.